The van der Waals surface area contributed by atoms with Crippen LogP contribution in [0.1, 0.15) is 13.8 Å². The van der Waals surface area contributed by atoms with Gasteiger partial charge in [-0.05, 0) is 38.1 Å². The Morgan fingerprint density at radius 3 is 2.33 bits per heavy atom. The van der Waals surface area contributed by atoms with Crippen LogP contribution >= 0.6 is 0 Å². The van der Waals surface area contributed by atoms with Crippen molar-refractivity contribution in [1.29, 1.82) is 0 Å². The topological polar surface area (TPSA) is 55.0 Å². The van der Waals surface area contributed by atoms with Crippen LogP contribution in [0.3, 0.4) is 0 Å². The summed E-state index contributed by atoms with van der Waals surface area (Å²) in [5.41, 5.74) is 11.7. The number of nitrogens with two attached hydrogens (primary N) is 1. The fourth-order valence-electron chi connectivity index (χ4n) is 3.31. The first-order valence-electron chi connectivity index (χ1n) is 8.35. The van der Waals surface area contributed by atoms with E-state index in [4.69, 9.17) is 15.7 Å². The van der Waals surface area contributed by atoms with E-state index in [1.807, 2.05) is 24.3 Å². The monoisotopic (exact) mass is 316 g/mol. The number of anilines is 2. The number of hydrogen-bond acceptors (Lipinski definition) is 4. The highest BCUT2D eigenvalue weighted by Gasteiger charge is 2.10. The van der Waals surface area contributed by atoms with Gasteiger partial charge in [0.15, 0.2) is 0 Å². The molecule has 24 heavy (non-hydrogen) atoms. The molecule has 0 aliphatic rings. The van der Waals surface area contributed by atoms with Crippen molar-refractivity contribution in [3.05, 3.63) is 48.5 Å². The van der Waals surface area contributed by atoms with Gasteiger partial charge in [-0.15, -0.1) is 0 Å². The minimum absolute atomic E-state index is 0.742. The molecule has 0 bridgehead atoms. The summed E-state index contributed by atoms with van der Waals surface area (Å²) in [4.78, 5) is 12.0. The highest BCUT2D eigenvalue weighted by Crippen LogP contribution is 2.30. The third-order valence-electron chi connectivity index (χ3n) is 4.59. The fourth-order valence-corrected chi connectivity index (χ4v) is 3.31. The summed E-state index contributed by atoms with van der Waals surface area (Å²) in [7, 11) is 0. The van der Waals surface area contributed by atoms with Gasteiger partial charge in [-0.25, -0.2) is 9.97 Å². The van der Waals surface area contributed by atoms with Crippen LogP contribution in [0.15, 0.2) is 48.5 Å². The van der Waals surface area contributed by atoms with E-state index >= 15 is 0 Å². The van der Waals surface area contributed by atoms with E-state index in [1.54, 1.807) is 0 Å². The maximum Gasteiger partial charge on any atom is 0.0974 e. The minimum atomic E-state index is 0.742. The van der Waals surface area contributed by atoms with Gasteiger partial charge >= 0.3 is 0 Å². The average molecular weight is 316 g/mol. The van der Waals surface area contributed by atoms with Crippen molar-refractivity contribution in [2.75, 3.05) is 23.7 Å². The molecule has 0 atom stereocenters. The standard InChI is InChI=1S/C20H20N4/c1-3-24(4-2)13-9-10-17-18(11-13)22-19-12-16(21)14-7-5-6-8-15(14)20(19)23-17/h5-12H,3-4,21H2,1-2H3. The minimum Gasteiger partial charge on any atom is -0.398 e. The van der Waals surface area contributed by atoms with E-state index in [2.05, 4.69) is 43.0 Å². The van der Waals surface area contributed by atoms with Crippen molar-refractivity contribution in [3.8, 4) is 0 Å². The fraction of sp³-hybridized carbons (Fsp3) is 0.200. The molecule has 0 unspecified atom stereocenters. The Kier molecular flexibility index (Phi) is 3.45. The predicted molar refractivity (Wildman–Crippen MR) is 103 cm³/mol. The van der Waals surface area contributed by atoms with Crippen LogP contribution in [-0.4, -0.2) is 23.1 Å². The van der Waals surface area contributed by atoms with Crippen LogP contribution in [0.4, 0.5) is 11.4 Å². The molecule has 4 aromatic rings. The van der Waals surface area contributed by atoms with Crippen molar-refractivity contribution in [2.45, 2.75) is 13.8 Å². The molecule has 1 heterocycles. The molecule has 0 aliphatic carbocycles. The molecule has 0 amide bonds. The Balaban J connectivity index is 2.02. The Morgan fingerprint density at radius 2 is 1.58 bits per heavy atom. The molecule has 120 valence electrons. The van der Waals surface area contributed by atoms with Crippen molar-refractivity contribution in [2.24, 2.45) is 0 Å². The summed E-state index contributed by atoms with van der Waals surface area (Å²) in [6, 6.07) is 16.3. The van der Waals surface area contributed by atoms with Gasteiger partial charge in [-0.2, -0.15) is 0 Å². The van der Waals surface area contributed by atoms with Crippen LogP contribution in [0.25, 0.3) is 32.8 Å². The van der Waals surface area contributed by atoms with Crippen LogP contribution < -0.4 is 10.6 Å². The molecular formula is C20H20N4. The lowest BCUT2D eigenvalue weighted by Crippen LogP contribution is -2.21. The summed E-state index contributed by atoms with van der Waals surface area (Å²) in [6.45, 7) is 6.26. The second-order valence-electron chi connectivity index (χ2n) is 5.95. The van der Waals surface area contributed by atoms with Gasteiger partial charge < -0.3 is 10.6 Å². The molecule has 3 aromatic carbocycles. The zero-order chi connectivity index (χ0) is 16.7. The molecule has 0 spiro atoms. The first kappa shape index (κ1) is 14.7. The van der Waals surface area contributed by atoms with Gasteiger partial charge in [0.25, 0.3) is 0 Å². The smallest absolute Gasteiger partial charge is 0.0974 e. The largest absolute Gasteiger partial charge is 0.398 e. The molecule has 0 saturated heterocycles. The van der Waals surface area contributed by atoms with E-state index in [1.165, 1.54) is 5.69 Å². The summed E-state index contributed by atoms with van der Waals surface area (Å²) < 4.78 is 0. The van der Waals surface area contributed by atoms with Crippen LogP contribution in [-0.2, 0) is 0 Å². The van der Waals surface area contributed by atoms with E-state index in [-0.39, 0.29) is 0 Å². The van der Waals surface area contributed by atoms with E-state index < -0.39 is 0 Å². The van der Waals surface area contributed by atoms with Crippen molar-refractivity contribution in [1.82, 2.24) is 9.97 Å². The third kappa shape index (κ3) is 2.22. The maximum absolute atomic E-state index is 6.21. The molecule has 1 aromatic heterocycles. The van der Waals surface area contributed by atoms with Gasteiger partial charge in [0, 0.05) is 35.2 Å². The van der Waals surface area contributed by atoms with Gasteiger partial charge in [0.05, 0.1) is 22.1 Å². The number of fused-ring (bicyclic) bond motifs is 4. The maximum atomic E-state index is 6.21. The zero-order valence-electron chi connectivity index (χ0n) is 14.0. The van der Waals surface area contributed by atoms with Gasteiger partial charge in [-0.1, -0.05) is 24.3 Å². The Morgan fingerprint density at radius 1 is 0.833 bits per heavy atom. The molecule has 0 saturated carbocycles. The van der Waals surface area contributed by atoms with Gasteiger partial charge in [-0.3, -0.25) is 0 Å². The van der Waals surface area contributed by atoms with E-state index in [0.717, 1.165) is 51.6 Å². The Hall–Kier alpha value is -2.88. The van der Waals surface area contributed by atoms with Crippen molar-refractivity contribution >= 4 is 44.2 Å². The summed E-state index contributed by atoms with van der Waals surface area (Å²) in [6.07, 6.45) is 0. The van der Waals surface area contributed by atoms with Gasteiger partial charge in [0.1, 0.15) is 0 Å². The lowest BCUT2D eigenvalue weighted by molar-refractivity contribution is 0.867. The van der Waals surface area contributed by atoms with Crippen LogP contribution in [0.2, 0.25) is 0 Å². The molecule has 4 heteroatoms. The molecular weight excluding hydrogens is 296 g/mol. The molecule has 2 N–H and O–H groups in total. The summed E-state index contributed by atoms with van der Waals surface area (Å²) in [5, 5.41) is 2.08. The lowest BCUT2D eigenvalue weighted by Gasteiger charge is -2.21. The number of hydrogen-bond donors (Lipinski definition) is 1. The van der Waals surface area contributed by atoms with Crippen molar-refractivity contribution < 1.29 is 0 Å². The average Bonchev–Trinajstić information content (AvgIpc) is 2.62. The molecule has 0 fully saturated rings. The zero-order valence-corrected chi connectivity index (χ0v) is 14.0. The third-order valence-corrected chi connectivity index (χ3v) is 4.59. The second-order valence-corrected chi connectivity index (χ2v) is 5.95. The van der Waals surface area contributed by atoms with E-state index in [9.17, 15) is 0 Å². The SMILES string of the molecule is CCN(CC)c1ccc2nc3c(cc(N)c4ccccc43)nc2c1. The van der Waals surface area contributed by atoms with Crippen LogP contribution in [0, 0.1) is 0 Å². The highest BCUT2D eigenvalue weighted by molar-refractivity contribution is 6.11. The van der Waals surface area contributed by atoms with Gasteiger partial charge in [0.2, 0.25) is 0 Å². The predicted octanol–water partition coefficient (Wildman–Crippen LogP) is 4.36. The highest BCUT2D eigenvalue weighted by atomic mass is 15.1. The normalized spacial score (nSPS) is 11.4. The summed E-state index contributed by atoms with van der Waals surface area (Å²) in [5.74, 6) is 0. The number of nitrogens with zero attached hydrogens (tertiary/aromatic N) is 3. The molecule has 0 radical (unpaired) electrons. The van der Waals surface area contributed by atoms with Crippen molar-refractivity contribution in [3.63, 3.8) is 0 Å². The first-order chi connectivity index (χ1) is 11.7. The number of nitrogen functional groups attached to an aromatic ring is 1. The second kappa shape index (κ2) is 5.64. The molecule has 0 aliphatic heterocycles. The van der Waals surface area contributed by atoms with Crippen LogP contribution in [0.5, 0.6) is 0 Å². The number of rotatable bonds is 3. The number of benzene rings is 3. The Bertz CT molecular complexity index is 1050. The molecule has 4 rings (SSSR count). The first-order valence-corrected chi connectivity index (χ1v) is 8.35. The summed E-state index contributed by atoms with van der Waals surface area (Å²) >= 11 is 0. The Labute approximate surface area is 140 Å². The number of aromatic nitrogens is 2. The lowest BCUT2D eigenvalue weighted by atomic mass is 10.1. The van der Waals surface area contributed by atoms with E-state index in [0.29, 0.717) is 0 Å². The molecule has 4 nitrogen and oxygen atoms in total. The quantitative estimate of drug-likeness (QED) is 0.346.